The van der Waals surface area contributed by atoms with E-state index < -0.39 is 0 Å². The van der Waals surface area contributed by atoms with Crippen molar-refractivity contribution in [1.29, 1.82) is 0 Å². The number of rotatable bonds is 2. The van der Waals surface area contributed by atoms with E-state index in [9.17, 15) is 4.79 Å². The molecule has 0 radical (unpaired) electrons. The van der Waals surface area contributed by atoms with Gasteiger partial charge < -0.3 is 9.47 Å². The van der Waals surface area contributed by atoms with Gasteiger partial charge >= 0.3 is 0 Å². The maximum absolute atomic E-state index is 12.4. The molecule has 0 fully saturated rings. The highest BCUT2D eigenvalue weighted by atomic mass is 35.5. The minimum absolute atomic E-state index is 0.0504. The Kier molecular flexibility index (Phi) is 3.68. The van der Waals surface area contributed by atoms with Gasteiger partial charge in [-0.15, -0.1) is 11.3 Å². The van der Waals surface area contributed by atoms with E-state index in [1.54, 1.807) is 30.3 Å². The van der Waals surface area contributed by atoms with E-state index >= 15 is 0 Å². The van der Waals surface area contributed by atoms with Gasteiger partial charge in [-0.1, -0.05) is 18.5 Å². The van der Waals surface area contributed by atoms with E-state index in [4.69, 9.17) is 21.1 Å². The Morgan fingerprint density at radius 1 is 1.20 bits per heavy atom. The lowest BCUT2D eigenvalue weighted by Gasteiger charge is -2.08. The highest BCUT2D eigenvalue weighted by Crippen LogP contribution is 2.33. The SMILES string of the molecule is CC1COc2ccc(C(=O)c3ccc(Cl)s3)cc2OC1. The van der Waals surface area contributed by atoms with Crippen molar-refractivity contribution in [2.75, 3.05) is 13.2 Å². The molecular weight excluding hydrogens is 296 g/mol. The molecule has 3 rings (SSSR count). The predicted octanol–water partition coefficient (Wildman–Crippen LogP) is 4.04. The van der Waals surface area contributed by atoms with Crippen molar-refractivity contribution in [1.82, 2.24) is 0 Å². The highest BCUT2D eigenvalue weighted by molar-refractivity contribution is 7.18. The summed E-state index contributed by atoms with van der Waals surface area (Å²) in [6, 6.07) is 8.75. The summed E-state index contributed by atoms with van der Waals surface area (Å²) in [7, 11) is 0. The Morgan fingerprint density at radius 3 is 2.65 bits per heavy atom. The van der Waals surface area contributed by atoms with Crippen LogP contribution in [-0.2, 0) is 0 Å². The second-order valence-electron chi connectivity index (χ2n) is 4.82. The smallest absolute Gasteiger partial charge is 0.203 e. The van der Waals surface area contributed by atoms with Gasteiger partial charge in [-0.2, -0.15) is 0 Å². The monoisotopic (exact) mass is 308 g/mol. The Bertz CT molecular complexity index is 650. The number of hydrogen-bond donors (Lipinski definition) is 0. The van der Waals surface area contributed by atoms with Crippen molar-refractivity contribution >= 4 is 28.7 Å². The molecule has 2 heterocycles. The first-order valence-corrected chi connectivity index (χ1v) is 7.52. The van der Waals surface area contributed by atoms with E-state index in [0.717, 1.165) is 0 Å². The summed E-state index contributed by atoms with van der Waals surface area (Å²) in [5.74, 6) is 1.60. The lowest BCUT2D eigenvalue weighted by molar-refractivity contribution is 0.104. The molecule has 0 saturated carbocycles. The molecule has 3 nitrogen and oxygen atoms in total. The van der Waals surface area contributed by atoms with Gasteiger partial charge in [-0.05, 0) is 30.3 Å². The lowest BCUT2D eigenvalue weighted by Crippen LogP contribution is -2.12. The summed E-state index contributed by atoms with van der Waals surface area (Å²) < 4.78 is 12.0. The molecule has 0 amide bonds. The summed E-state index contributed by atoms with van der Waals surface area (Å²) in [6.45, 7) is 3.28. The topological polar surface area (TPSA) is 35.5 Å². The van der Waals surface area contributed by atoms with Gasteiger partial charge in [-0.25, -0.2) is 0 Å². The van der Waals surface area contributed by atoms with Gasteiger partial charge in [0.25, 0.3) is 0 Å². The third-order valence-electron chi connectivity index (χ3n) is 3.05. The minimum Gasteiger partial charge on any atom is -0.489 e. The molecule has 0 N–H and O–H groups in total. The Balaban J connectivity index is 1.90. The van der Waals surface area contributed by atoms with E-state index in [2.05, 4.69) is 6.92 Å². The average Bonchev–Trinajstić information content (AvgIpc) is 2.80. The fourth-order valence-electron chi connectivity index (χ4n) is 1.97. The van der Waals surface area contributed by atoms with Crippen LogP contribution in [0.5, 0.6) is 11.5 Å². The van der Waals surface area contributed by atoms with Crippen LogP contribution in [0.4, 0.5) is 0 Å². The summed E-state index contributed by atoms with van der Waals surface area (Å²) in [6.07, 6.45) is 0. The van der Waals surface area contributed by atoms with Crippen LogP contribution in [0.3, 0.4) is 0 Å². The van der Waals surface area contributed by atoms with E-state index in [-0.39, 0.29) is 5.78 Å². The molecule has 2 aromatic rings. The van der Waals surface area contributed by atoms with Crippen molar-refractivity contribution in [3.8, 4) is 11.5 Å². The predicted molar refractivity (Wildman–Crippen MR) is 79.4 cm³/mol. The van der Waals surface area contributed by atoms with Crippen molar-refractivity contribution < 1.29 is 14.3 Å². The van der Waals surface area contributed by atoms with Crippen LogP contribution in [0.1, 0.15) is 22.2 Å². The first kappa shape index (κ1) is 13.5. The maximum Gasteiger partial charge on any atom is 0.203 e. The molecule has 20 heavy (non-hydrogen) atoms. The molecule has 1 unspecified atom stereocenters. The summed E-state index contributed by atoms with van der Waals surface area (Å²) in [5, 5.41) is 0. The second kappa shape index (κ2) is 5.46. The molecule has 1 atom stereocenters. The van der Waals surface area contributed by atoms with Crippen LogP contribution in [0.15, 0.2) is 30.3 Å². The largest absolute Gasteiger partial charge is 0.489 e. The van der Waals surface area contributed by atoms with Gasteiger partial charge in [-0.3, -0.25) is 4.79 Å². The lowest BCUT2D eigenvalue weighted by atomic mass is 10.1. The highest BCUT2D eigenvalue weighted by Gasteiger charge is 2.18. The molecule has 0 spiro atoms. The number of thiophene rings is 1. The quantitative estimate of drug-likeness (QED) is 0.785. The van der Waals surface area contributed by atoms with Gasteiger partial charge in [0.15, 0.2) is 11.5 Å². The van der Waals surface area contributed by atoms with Gasteiger partial charge in [0.1, 0.15) is 0 Å². The summed E-state index contributed by atoms with van der Waals surface area (Å²) in [4.78, 5) is 13.0. The molecule has 0 aliphatic carbocycles. The fourth-order valence-corrected chi connectivity index (χ4v) is 2.98. The van der Waals surface area contributed by atoms with Gasteiger partial charge in [0, 0.05) is 11.5 Å². The molecule has 1 aromatic heterocycles. The number of hydrogen-bond acceptors (Lipinski definition) is 4. The summed E-state index contributed by atoms with van der Waals surface area (Å²) >= 11 is 7.14. The summed E-state index contributed by atoms with van der Waals surface area (Å²) in [5.41, 5.74) is 0.584. The molecular formula is C15H13ClO3S. The molecule has 1 aliphatic heterocycles. The van der Waals surface area contributed by atoms with Crippen LogP contribution < -0.4 is 9.47 Å². The van der Waals surface area contributed by atoms with E-state index in [1.807, 2.05) is 0 Å². The number of ketones is 1. The zero-order valence-electron chi connectivity index (χ0n) is 10.9. The number of carbonyl (C=O) groups excluding carboxylic acids is 1. The van der Waals surface area contributed by atoms with Crippen LogP contribution in [0, 0.1) is 5.92 Å². The second-order valence-corrected chi connectivity index (χ2v) is 6.54. The Morgan fingerprint density at radius 2 is 1.95 bits per heavy atom. The standard InChI is InChI=1S/C15H13ClO3S/c1-9-7-18-11-3-2-10(6-12(11)19-8-9)15(17)13-4-5-14(16)20-13/h2-6,9H,7-8H2,1H3. The van der Waals surface area contributed by atoms with Crippen LogP contribution in [-0.4, -0.2) is 19.0 Å². The minimum atomic E-state index is -0.0504. The first-order chi connectivity index (χ1) is 9.63. The molecule has 1 aromatic carbocycles. The number of benzene rings is 1. The van der Waals surface area contributed by atoms with E-state index in [1.165, 1.54) is 11.3 Å². The zero-order valence-corrected chi connectivity index (χ0v) is 12.5. The number of carbonyl (C=O) groups is 1. The average molecular weight is 309 g/mol. The van der Waals surface area contributed by atoms with Crippen LogP contribution in [0.2, 0.25) is 4.34 Å². The third-order valence-corrected chi connectivity index (χ3v) is 4.28. The first-order valence-electron chi connectivity index (χ1n) is 6.33. The number of fused-ring (bicyclic) bond motifs is 1. The third kappa shape index (κ3) is 2.67. The van der Waals surface area contributed by atoms with E-state index in [0.29, 0.717) is 45.4 Å². The van der Waals surface area contributed by atoms with Crippen molar-refractivity contribution in [2.24, 2.45) is 5.92 Å². The number of halogens is 1. The molecule has 1 aliphatic rings. The zero-order chi connectivity index (χ0) is 14.1. The molecule has 0 saturated heterocycles. The Hall–Kier alpha value is -1.52. The van der Waals surface area contributed by atoms with Crippen LogP contribution >= 0.6 is 22.9 Å². The maximum atomic E-state index is 12.4. The van der Waals surface area contributed by atoms with Crippen molar-refractivity contribution in [2.45, 2.75) is 6.92 Å². The van der Waals surface area contributed by atoms with Gasteiger partial charge in [0.2, 0.25) is 5.78 Å². The molecule has 104 valence electrons. The fraction of sp³-hybridized carbons (Fsp3) is 0.267. The molecule has 5 heteroatoms. The van der Waals surface area contributed by atoms with Gasteiger partial charge in [0.05, 0.1) is 22.4 Å². The molecule has 0 bridgehead atoms. The normalized spacial score (nSPS) is 17.6. The Labute approximate surface area is 126 Å². The van der Waals surface area contributed by atoms with Crippen molar-refractivity contribution in [3.05, 3.63) is 45.1 Å². The number of ether oxygens (including phenoxy) is 2. The van der Waals surface area contributed by atoms with Crippen LogP contribution in [0.25, 0.3) is 0 Å². The van der Waals surface area contributed by atoms with Crippen molar-refractivity contribution in [3.63, 3.8) is 0 Å².